The molecule has 0 aliphatic carbocycles. The first-order chi connectivity index (χ1) is 28.7. The predicted octanol–water partition coefficient (Wildman–Crippen LogP) is 10.0. The van der Waals surface area contributed by atoms with Gasteiger partial charge in [0.05, 0.1) is 33.9 Å². The van der Waals surface area contributed by atoms with Crippen LogP contribution in [0, 0.1) is 0 Å². The van der Waals surface area contributed by atoms with Gasteiger partial charge < -0.3 is 54.0 Å². The number of aromatic hydroxyl groups is 4. The van der Waals surface area contributed by atoms with Gasteiger partial charge in [-0.1, -0.05) is 108 Å². The molecule has 14 N–H and O–H groups in total. The van der Waals surface area contributed by atoms with Crippen molar-refractivity contribution in [2.24, 2.45) is 0 Å². The smallest absolute Gasteiger partial charge is 0.259 e. The van der Waals surface area contributed by atoms with Gasteiger partial charge in [0.1, 0.15) is 11.5 Å². The van der Waals surface area contributed by atoms with Crippen LogP contribution in [0.15, 0.2) is 158 Å². The van der Waals surface area contributed by atoms with Crippen molar-refractivity contribution in [3.8, 4) is 23.0 Å². The predicted molar refractivity (Wildman–Crippen MR) is 244 cm³/mol. The number of phenols is 4. The van der Waals surface area contributed by atoms with E-state index in [4.69, 9.17) is 56.3 Å². The van der Waals surface area contributed by atoms with Crippen molar-refractivity contribution < 1.29 is 47.1 Å². The number of nitrogens with two attached hydrogens (primary N) is 4. The summed E-state index contributed by atoms with van der Waals surface area (Å²) in [5.74, 6) is -1.03. The molecule has 0 spiro atoms. The van der Waals surface area contributed by atoms with E-state index in [0.717, 1.165) is 21.5 Å². The van der Waals surface area contributed by atoms with Gasteiger partial charge in [0.2, 0.25) is 0 Å². The van der Waals surface area contributed by atoms with Crippen LogP contribution >= 0.6 is 23.2 Å². The Morgan fingerprint density at radius 2 is 0.770 bits per heavy atom. The number of phenolic OH excluding ortho intramolecular Hbond substituents is 4. The Balaban J connectivity index is 0.000000192. The Kier molecular flexibility index (Phi) is 16.5. The summed E-state index contributed by atoms with van der Waals surface area (Å²) >= 11 is 11.1. The minimum Gasteiger partial charge on any atom is -0.506 e. The zero-order valence-corrected chi connectivity index (χ0v) is 34.7. The van der Waals surface area contributed by atoms with E-state index in [9.17, 15) is 19.8 Å². The molecule has 8 aromatic rings. The molecule has 0 saturated carbocycles. The first kappa shape index (κ1) is 46.4. The molecule has 61 heavy (non-hydrogen) atoms. The molecular weight excluding hydrogens is 859 g/mol. The molecule has 0 bridgehead atoms. The van der Waals surface area contributed by atoms with Crippen LogP contribution in [0.25, 0.3) is 21.5 Å². The van der Waals surface area contributed by atoms with E-state index in [1.54, 1.807) is 48.5 Å². The van der Waals surface area contributed by atoms with Gasteiger partial charge >= 0.3 is 0 Å². The summed E-state index contributed by atoms with van der Waals surface area (Å²) in [4.78, 5) is 24.6. The van der Waals surface area contributed by atoms with E-state index < -0.39 is 11.8 Å². The summed E-state index contributed by atoms with van der Waals surface area (Å²) < 4.78 is 0. The molecule has 12 nitrogen and oxygen atoms in total. The first-order valence-corrected chi connectivity index (χ1v) is 18.7. The number of hydrogen-bond acceptors (Lipinski definition) is 10. The summed E-state index contributed by atoms with van der Waals surface area (Å²) in [6.45, 7) is 0. The molecule has 8 rings (SSSR count). The van der Waals surface area contributed by atoms with Crippen molar-refractivity contribution in [2.45, 2.75) is 0 Å². The van der Waals surface area contributed by atoms with Crippen molar-refractivity contribution in [1.29, 1.82) is 0 Å². The third-order valence-corrected chi connectivity index (χ3v) is 9.12. The number of halogens is 2. The van der Waals surface area contributed by atoms with Gasteiger partial charge in [0.15, 0.2) is 11.5 Å². The SMILES string of the molecule is Nc1c(O)c(C(=O)Nc2ccccc2)cc2ccccc12.Nc1c(O)c(C(=O)Nc2ccccc2)cc2ccccc12.Nc1cc(Cl)ccc1O.Nc1cc(Cl)ccc1O.[Fe]. The van der Waals surface area contributed by atoms with Gasteiger partial charge in [-0.3, -0.25) is 9.59 Å². The maximum atomic E-state index is 12.3. The van der Waals surface area contributed by atoms with Crippen LogP contribution in [0.5, 0.6) is 23.0 Å². The number of para-hydroxylation sites is 2. The number of nitrogen functional groups attached to an aromatic ring is 4. The van der Waals surface area contributed by atoms with E-state index in [2.05, 4.69) is 10.6 Å². The number of carbonyl (C=O) groups excluding carboxylic acids is 2. The zero-order chi connectivity index (χ0) is 43.3. The Morgan fingerprint density at radius 3 is 1.10 bits per heavy atom. The fraction of sp³-hybridized carbons (Fsp3) is 0. The number of nitrogens with one attached hydrogen (secondary N) is 2. The number of amides is 2. The fourth-order valence-electron chi connectivity index (χ4n) is 5.57. The maximum Gasteiger partial charge on any atom is 0.259 e. The number of fused-ring (bicyclic) bond motifs is 2. The number of benzene rings is 8. The zero-order valence-electron chi connectivity index (χ0n) is 32.0. The molecule has 15 heteroatoms. The molecular formula is C46H40Cl2FeN6O6. The minimum atomic E-state index is -0.392. The van der Waals surface area contributed by atoms with Crippen LogP contribution in [0.1, 0.15) is 20.7 Å². The van der Waals surface area contributed by atoms with Crippen molar-refractivity contribution in [2.75, 3.05) is 33.6 Å². The van der Waals surface area contributed by atoms with Gasteiger partial charge in [-0.05, 0) is 83.6 Å². The van der Waals surface area contributed by atoms with Gasteiger partial charge in [0.25, 0.3) is 11.8 Å². The van der Waals surface area contributed by atoms with Crippen LogP contribution in [-0.4, -0.2) is 32.2 Å². The van der Waals surface area contributed by atoms with Crippen molar-refractivity contribution in [3.63, 3.8) is 0 Å². The Bertz CT molecular complexity index is 2590. The Labute approximate surface area is 371 Å². The number of hydrogen-bond donors (Lipinski definition) is 10. The average molecular weight is 900 g/mol. The van der Waals surface area contributed by atoms with E-state index >= 15 is 0 Å². The second-order valence-corrected chi connectivity index (χ2v) is 13.7. The van der Waals surface area contributed by atoms with Crippen LogP contribution < -0.4 is 33.6 Å². The van der Waals surface area contributed by atoms with Gasteiger partial charge in [-0.2, -0.15) is 0 Å². The summed E-state index contributed by atoms with van der Waals surface area (Å²) in [6.07, 6.45) is 0. The second-order valence-electron chi connectivity index (χ2n) is 12.9. The van der Waals surface area contributed by atoms with E-state index in [1.165, 1.54) is 24.3 Å². The van der Waals surface area contributed by atoms with Crippen molar-refractivity contribution >= 4 is 90.7 Å². The van der Waals surface area contributed by atoms with Crippen LogP contribution in [0.2, 0.25) is 10.0 Å². The molecule has 0 aliphatic rings. The normalized spacial score (nSPS) is 10.0. The molecule has 0 unspecified atom stereocenters. The quantitative estimate of drug-likeness (QED) is 0.0455. The van der Waals surface area contributed by atoms with Crippen molar-refractivity contribution in [1.82, 2.24) is 0 Å². The first-order valence-electron chi connectivity index (χ1n) is 17.9. The summed E-state index contributed by atoms with van der Waals surface area (Å²) in [6, 6.07) is 45.2. The molecule has 2 amide bonds. The third kappa shape index (κ3) is 12.4. The molecule has 0 atom stereocenters. The van der Waals surface area contributed by atoms with Crippen molar-refractivity contribution in [3.05, 3.63) is 179 Å². The standard InChI is InChI=1S/2C17H14N2O2.2C6H6ClNO.Fe/c2*18-15-13-9-5-4-6-11(13)10-14(16(15)20)17(21)19-12-7-2-1-3-8-12;2*7-4-1-2-6(9)5(8)3-4;/h2*1-10,20H,18H2,(H,19,21);2*1-3,9H,8H2;. The van der Waals surface area contributed by atoms with Gasteiger partial charge in [-0.15, -0.1) is 0 Å². The van der Waals surface area contributed by atoms with Crippen LogP contribution in [0.3, 0.4) is 0 Å². The van der Waals surface area contributed by atoms with E-state index in [0.29, 0.717) is 32.8 Å². The monoisotopic (exact) mass is 898 g/mol. The second kappa shape index (κ2) is 21.6. The topological polar surface area (TPSA) is 243 Å². The number of carbonyl (C=O) groups is 2. The molecule has 8 aromatic carbocycles. The summed E-state index contributed by atoms with van der Waals surface area (Å²) in [5.41, 5.74) is 25.1. The fourth-order valence-corrected chi connectivity index (χ4v) is 5.93. The summed E-state index contributed by atoms with van der Waals surface area (Å²) in [5, 5.41) is 47.7. The van der Waals surface area contributed by atoms with Gasteiger partial charge in [0, 0.05) is 49.3 Å². The molecule has 0 saturated heterocycles. The molecule has 0 heterocycles. The molecule has 0 radical (unpaired) electrons. The van der Waals surface area contributed by atoms with E-state index in [-0.39, 0.29) is 62.6 Å². The molecule has 0 fully saturated rings. The Morgan fingerprint density at radius 1 is 0.443 bits per heavy atom. The average Bonchev–Trinajstić information content (AvgIpc) is 3.25. The molecule has 0 aliphatic heterocycles. The third-order valence-electron chi connectivity index (χ3n) is 8.65. The maximum absolute atomic E-state index is 12.3. The largest absolute Gasteiger partial charge is 0.506 e. The van der Waals surface area contributed by atoms with Crippen LogP contribution in [-0.2, 0) is 17.1 Å². The van der Waals surface area contributed by atoms with Crippen LogP contribution in [0.4, 0.5) is 34.1 Å². The molecule has 312 valence electrons. The number of rotatable bonds is 4. The number of anilines is 6. The summed E-state index contributed by atoms with van der Waals surface area (Å²) in [7, 11) is 0. The molecule has 0 aromatic heterocycles. The minimum absolute atomic E-state index is 0. The van der Waals surface area contributed by atoms with Gasteiger partial charge in [-0.25, -0.2) is 0 Å². The Hall–Kier alpha value is -7.28. The van der Waals surface area contributed by atoms with E-state index in [1.807, 2.05) is 84.9 Å².